The van der Waals surface area contributed by atoms with Crippen molar-refractivity contribution in [3.8, 4) is 0 Å². The normalized spacial score (nSPS) is 10.7. The molecule has 1 N–H and O–H groups in total. The zero-order valence-corrected chi connectivity index (χ0v) is 12.3. The van der Waals surface area contributed by atoms with Crippen molar-refractivity contribution < 1.29 is 4.39 Å². The highest BCUT2D eigenvalue weighted by molar-refractivity contribution is 9.10. The Hall–Kier alpha value is -1.87. The van der Waals surface area contributed by atoms with Crippen molar-refractivity contribution in [3.05, 3.63) is 76.5 Å². The van der Waals surface area contributed by atoms with Gasteiger partial charge in [0.1, 0.15) is 5.82 Å². The molecule has 0 aromatic heterocycles. The highest BCUT2D eigenvalue weighted by Gasteiger charge is 1.98. The van der Waals surface area contributed by atoms with Crippen molar-refractivity contribution >= 4 is 32.4 Å². The summed E-state index contributed by atoms with van der Waals surface area (Å²) in [5.74, 6) is -0.204. The Balaban J connectivity index is 1.77. The van der Waals surface area contributed by atoms with Crippen LogP contribution in [-0.2, 0) is 6.54 Å². The maximum absolute atomic E-state index is 12.8. The van der Waals surface area contributed by atoms with E-state index < -0.39 is 0 Å². The summed E-state index contributed by atoms with van der Waals surface area (Å²) in [5, 5.41) is 5.75. The van der Waals surface area contributed by atoms with Crippen LogP contribution in [0.5, 0.6) is 0 Å². The minimum absolute atomic E-state index is 0.204. The summed E-state index contributed by atoms with van der Waals surface area (Å²) < 4.78 is 13.9. The Bertz CT molecular complexity index is 738. The average Bonchev–Trinajstić information content (AvgIpc) is 2.46. The van der Waals surface area contributed by atoms with Gasteiger partial charge in [0.25, 0.3) is 0 Å². The van der Waals surface area contributed by atoms with Gasteiger partial charge in [0.2, 0.25) is 0 Å². The molecule has 3 aromatic carbocycles. The van der Waals surface area contributed by atoms with E-state index in [0.717, 1.165) is 15.7 Å². The molecule has 3 heteroatoms. The number of hydrogen-bond acceptors (Lipinski definition) is 1. The van der Waals surface area contributed by atoms with Crippen LogP contribution < -0.4 is 5.32 Å². The Morgan fingerprint density at radius 3 is 2.35 bits per heavy atom. The molecule has 0 amide bonds. The third-order valence-corrected chi connectivity index (χ3v) is 3.71. The number of halogens is 2. The molecule has 0 bridgehead atoms. The summed E-state index contributed by atoms with van der Waals surface area (Å²) in [7, 11) is 0. The molecule has 1 nitrogen and oxygen atoms in total. The second-order valence-electron chi connectivity index (χ2n) is 4.69. The largest absolute Gasteiger partial charge is 0.381 e. The van der Waals surface area contributed by atoms with Gasteiger partial charge in [-0.05, 0) is 52.7 Å². The lowest BCUT2D eigenvalue weighted by molar-refractivity contribution is 0.627. The van der Waals surface area contributed by atoms with Crippen LogP contribution in [-0.4, -0.2) is 0 Å². The monoisotopic (exact) mass is 329 g/mol. The van der Waals surface area contributed by atoms with Crippen molar-refractivity contribution in [1.29, 1.82) is 0 Å². The highest BCUT2D eigenvalue weighted by atomic mass is 79.9. The lowest BCUT2D eigenvalue weighted by Crippen LogP contribution is -1.99. The molecule has 0 fully saturated rings. The van der Waals surface area contributed by atoms with Crippen LogP contribution >= 0.6 is 15.9 Å². The summed E-state index contributed by atoms with van der Waals surface area (Å²) in [6, 6.07) is 19.0. The van der Waals surface area contributed by atoms with Gasteiger partial charge in [-0.15, -0.1) is 0 Å². The van der Waals surface area contributed by atoms with Crippen LogP contribution in [0.4, 0.5) is 10.1 Å². The Labute approximate surface area is 125 Å². The molecule has 0 aliphatic heterocycles. The van der Waals surface area contributed by atoms with Crippen LogP contribution in [0.15, 0.2) is 65.1 Å². The van der Waals surface area contributed by atoms with E-state index in [1.807, 2.05) is 6.07 Å². The lowest BCUT2D eigenvalue weighted by Gasteiger charge is -2.08. The topological polar surface area (TPSA) is 12.0 Å². The maximum Gasteiger partial charge on any atom is 0.123 e. The molecule has 0 saturated carbocycles. The molecule has 100 valence electrons. The number of anilines is 1. The minimum atomic E-state index is -0.204. The van der Waals surface area contributed by atoms with Gasteiger partial charge < -0.3 is 5.32 Å². The number of fused-ring (bicyclic) bond motifs is 1. The van der Waals surface area contributed by atoms with Gasteiger partial charge in [0, 0.05) is 16.7 Å². The first-order chi connectivity index (χ1) is 9.70. The van der Waals surface area contributed by atoms with Crippen molar-refractivity contribution in [1.82, 2.24) is 0 Å². The third-order valence-electron chi connectivity index (χ3n) is 3.21. The SMILES string of the molecule is Fc1ccc(CNc2ccc3cc(Br)ccc3c2)cc1. The summed E-state index contributed by atoms with van der Waals surface area (Å²) in [4.78, 5) is 0. The smallest absolute Gasteiger partial charge is 0.123 e. The van der Waals surface area contributed by atoms with Gasteiger partial charge in [-0.3, -0.25) is 0 Å². The molecule has 0 aliphatic carbocycles. The van der Waals surface area contributed by atoms with Gasteiger partial charge in [-0.2, -0.15) is 0 Å². The molecule has 0 unspecified atom stereocenters. The van der Waals surface area contributed by atoms with E-state index in [0.29, 0.717) is 6.54 Å². The summed E-state index contributed by atoms with van der Waals surface area (Å²) in [5.41, 5.74) is 2.12. The highest BCUT2D eigenvalue weighted by Crippen LogP contribution is 2.23. The zero-order valence-electron chi connectivity index (χ0n) is 10.7. The predicted octanol–water partition coefficient (Wildman–Crippen LogP) is 5.35. The van der Waals surface area contributed by atoms with Crippen molar-refractivity contribution in [2.45, 2.75) is 6.54 Å². The maximum atomic E-state index is 12.8. The quantitative estimate of drug-likeness (QED) is 0.682. The van der Waals surface area contributed by atoms with Gasteiger partial charge in [-0.1, -0.05) is 40.2 Å². The standard InChI is InChI=1S/C17H13BrFN/c18-15-5-3-14-10-17(8-4-13(14)9-15)20-11-12-1-6-16(19)7-2-12/h1-10,20H,11H2. The van der Waals surface area contributed by atoms with Gasteiger partial charge >= 0.3 is 0 Å². The zero-order chi connectivity index (χ0) is 13.9. The second-order valence-corrected chi connectivity index (χ2v) is 5.60. The Morgan fingerprint density at radius 1 is 0.850 bits per heavy atom. The summed E-state index contributed by atoms with van der Waals surface area (Å²) in [6.45, 7) is 0.683. The van der Waals surface area contributed by atoms with Crippen molar-refractivity contribution in [3.63, 3.8) is 0 Å². The predicted molar refractivity (Wildman–Crippen MR) is 85.4 cm³/mol. The molecule has 20 heavy (non-hydrogen) atoms. The Kier molecular flexibility index (Phi) is 3.70. The lowest BCUT2D eigenvalue weighted by atomic mass is 10.1. The van der Waals surface area contributed by atoms with Crippen LogP contribution in [0.3, 0.4) is 0 Å². The molecule has 0 aliphatic rings. The second kappa shape index (κ2) is 5.63. The fourth-order valence-corrected chi connectivity index (χ4v) is 2.51. The summed E-state index contributed by atoms with van der Waals surface area (Å²) >= 11 is 3.47. The first kappa shape index (κ1) is 13.1. The van der Waals surface area contributed by atoms with E-state index in [-0.39, 0.29) is 5.82 Å². The molecule has 3 rings (SSSR count). The average molecular weight is 330 g/mol. The van der Waals surface area contributed by atoms with Gasteiger partial charge in [-0.25, -0.2) is 4.39 Å². The molecule has 0 radical (unpaired) electrons. The fraction of sp³-hybridized carbons (Fsp3) is 0.0588. The van der Waals surface area contributed by atoms with E-state index in [4.69, 9.17) is 0 Å². The van der Waals surface area contributed by atoms with E-state index in [1.54, 1.807) is 12.1 Å². The minimum Gasteiger partial charge on any atom is -0.381 e. The summed E-state index contributed by atoms with van der Waals surface area (Å²) in [6.07, 6.45) is 0. The third kappa shape index (κ3) is 2.99. The van der Waals surface area contributed by atoms with Crippen LogP contribution in [0.2, 0.25) is 0 Å². The Morgan fingerprint density at radius 2 is 1.55 bits per heavy atom. The van der Waals surface area contributed by atoms with E-state index >= 15 is 0 Å². The molecular formula is C17H13BrFN. The molecule has 0 saturated heterocycles. The van der Waals surface area contributed by atoms with Crippen LogP contribution in [0, 0.1) is 5.82 Å². The molecule has 0 heterocycles. The van der Waals surface area contributed by atoms with Crippen LogP contribution in [0.1, 0.15) is 5.56 Å². The number of rotatable bonds is 3. The van der Waals surface area contributed by atoms with E-state index in [2.05, 4.69) is 51.6 Å². The van der Waals surface area contributed by atoms with Crippen molar-refractivity contribution in [2.75, 3.05) is 5.32 Å². The first-order valence-corrected chi connectivity index (χ1v) is 7.18. The fourth-order valence-electron chi connectivity index (χ4n) is 2.13. The van der Waals surface area contributed by atoms with E-state index in [1.165, 1.54) is 22.9 Å². The van der Waals surface area contributed by atoms with Gasteiger partial charge in [0.15, 0.2) is 0 Å². The van der Waals surface area contributed by atoms with Crippen LogP contribution in [0.25, 0.3) is 10.8 Å². The first-order valence-electron chi connectivity index (χ1n) is 6.38. The molecule has 0 atom stereocenters. The number of hydrogen-bond donors (Lipinski definition) is 1. The van der Waals surface area contributed by atoms with E-state index in [9.17, 15) is 4.39 Å². The number of benzene rings is 3. The molecule has 0 spiro atoms. The van der Waals surface area contributed by atoms with Gasteiger partial charge in [0.05, 0.1) is 0 Å². The number of nitrogens with one attached hydrogen (secondary N) is 1. The molecule has 3 aromatic rings. The molecular weight excluding hydrogens is 317 g/mol. The van der Waals surface area contributed by atoms with Crippen molar-refractivity contribution in [2.24, 2.45) is 0 Å².